The molecule has 0 N–H and O–H groups in total. The smallest absolute Gasteiger partial charge is 0.339 e. The van der Waals surface area contributed by atoms with Crippen LogP contribution in [0.2, 0.25) is 0 Å². The summed E-state index contributed by atoms with van der Waals surface area (Å²) in [6.07, 6.45) is -13.7. The minimum Gasteiger partial charge on any atom is -0.454 e. The highest BCUT2D eigenvalue weighted by atomic mass is 16.5. The highest BCUT2D eigenvalue weighted by Crippen LogP contribution is 2.33. The standard InChI is InChI=1S/C12H14O2/c1-2-3-8-11-9-6-4-5-7-10(9)12(13)14-11/h4-7,11H,2-3,8H2,1H3/i1D3,2D2,3D2,8D2,11D. The normalized spacial score (nSPS) is 39.0. The molecule has 0 bridgehead atoms. The lowest BCUT2D eigenvalue weighted by Crippen LogP contribution is -1.98. The topological polar surface area (TPSA) is 26.3 Å². The molecule has 2 heteroatoms. The van der Waals surface area contributed by atoms with Crippen molar-refractivity contribution in [1.29, 1.82) is 0 Å². The summed E-state index contributed by atoms with van der Waals surface area (Å²) in [4.78, 5) is 11.9. The molecule has 1 heterocycles. The summed E-state index contributed by atoms with van der Waals surface area (Å²) >= 11 is 0. The summed E-state index contributed by atoms with van der Waals surface area (Å²) in [7, 11) is 0. The van der Waals surface area contributed by atoms with Gasteiger partial charge in [-0.3, -0.25) is 0 Å². The second-order valence-corrected chi connectivity index (χ2v) is 2.64. The van der Waals surface area contributed by atoms with Crippen molar-refractivity contribution >= 4 is 5.97 Å². The van der Waals surface area contributed by atoms with Crippen molar-refractivity contribution in [2.24, 2.45) is 0 Å². The van der Waals surface area contributed by atoms with Crippen LogP contribution >= 0.6 is 0 Å². The Kier molecular flexibility index (Phi) is 0.844. The first kappa shape index (κ1) is 3.09. The summed E-state index contributed by atoms with van der Waals surface area (Å²) in [5.74, 6) is -1.06. The molecule has 14 heavy (non-hydrogen) atoms. The van der Waals surface area contributed by atoms with Gasteiger partial charge in [-0.05, 0) is 18.8 Å². The van der Waals surface area contributed by atoms with E-state index in [1.165, 1.54) is 24.3 Å². The van der Waals surface area contributed by atoms with E-state index in [0.29, 0.717) is 0 Å². The molecule has 0 radical (unpaired) electrons. The van der Waals surface area contributed by atoms with Crippen LogP contribution in [0.1, 0.15) is 61.7 Å². The second-order valence-electron chi connectivity index (χ2n) is 2.64. The van der Waals surface area contributed by atoms with Gasteiger partial charge in [0.15, 0.2) is 0 Å². The number of fused-ring (bicyclic) bond motifs is 1. The first-order valence-electron chi connectivity index (χ1n) is 8.94. The maximum Gasteiger partial charge on any atom is 0.339 e. The van der Waals surface area contributed by atoms with Gasteiger partial charge >= 0.3 is 5.97 Å². The van der Waals surface area contributed by atoms with Crippen LogP contribution in [0.15, 0.2) is 24.3 Å². The predicted molar refractivity (Wildman–Crippen MR) is 54.1 cm³/mol. The lowest BCUT2D eigenvalue weighted by atomic mass is 10.0. The molecule has 1 aromatic rings. The molecule has 0 spiro atoms. The van der Waals surface area contributed by atoms with E-state index in [-0.39, 0.29) is 11.1 Å². The third-order valence-electron chi connectivity index (χ3n) is 1.82. The Balaban J connectivity index is 2.65. The fourth-order valence-corrected chi connectivity index (χ4v) is 1.24. The van der Waals surface area contributed by atoms with Gasteiger partial charge in [0, 0.05) is 17.9 Å². The average Bonchev–Trinajstić information content (AvgIpc) is 2.71. The molecule has 0 fully saturated rings. The Labute approximate surface area is 97.9 Å². The number of rotatable bonds is 3. The highest BCUT2D eigenvalue weighted by molar-refractivity contribution is 5.93. The fraction of sp³-hybridized carbons (Fsp3) is 0.417. The molecule has 1 aliphatic heterocycles. The van der Waals surface area contributed by atoms with Crippen LogP contribution in [0, 0.1) is 0 Å². The van der Waals surface area contributed by atoms with Gasteiger partial charge < -0.3 is 4.74 Å². The quantitative estimate of drug-likeness (QED) is 0.701. The van der Waals surface area contributed by atoms with Crippen LogP contribution in [-0.2, 0) is 4.74 Å². The number of esters is 1. The number of carbonyl (C=O) groups is 1. The Bertz CT molecular complexity index is 681. The molecular formula is C12H14O2. The van der Waals surface area contributed by atoms with Crippen LogP contribution in [0.5, 0.6) is 0 Å². The summed E-state index contributed by atoms with van der Waals surface area (Å²) in [6.45, 7) is -3.50. The van der Waals surface area contributed by atoms with Crippen molar-refractivity contribution in [2.45, 2.75) is 32.1 Å². The van der Waals surface area contributed by atoms with E-state index in [0.717, 1.165) is 0 Å². The molecule has 0 aliphatic carbocycles. The minimum atomic E-state index is -3.68. The number of carbonyl (C=O) groups excluding carboxylic acids is 1. The van der Waals surface area contributed by atoms with Gasteiger partial charge in [-0.25, -0.2) is 4.79 Å². The zero-order chi connectivity index (χ0) is 18.8. The second kappa shape index (κ2) is 3.82. The van der Waals surface area contributed by atoms with Crippen molar-refractivity contribution in [3.8, 4) is 0 Å². The number of hydrogen-bond acceptors (Lipinski definition) is 2. The first-order valence-corrected chi connectivity index (χ1v) is 3.94. The summed E-state index contributed by atoms with van der Waals surface area (Å²) in [5.41, 5.74) is -0.438. The highest BCUT2D eigenvalue weighted by Gasteiger charge is 2.29. The molecule has 2 rings (SSSR count). The molecule has 2 nitrogen and oxygen atoms in total. The maximum atomic E-state index is 11.9. The number of ether oxygens (including phenoxy) is 1. The molecule has 0 amide bonds. The van der Waals surface area contributed by atoms with Gasteiger partial charge in [0.1, 0.15) is 6.08 Å². The van der Waals surface area contributed by atoms with Crippen LogP contribution in [0.4, 0.5) is 0 Å². The summed E-state index contributed by atoms with van der Waals surface area (Å²) < 4.78 is 81.3. The van der Waals surface area contributed by atoms with Crippen LogP contribution in [0.25, 0.3) is 0 Å². The van der Waals surface area contributed by atoms with E-state index in [2.05, 4.69) is 0 Å². The zero-order valence-corrected chi connectivity index (χ0v) is 7.13. The van der Waals surface area contributed by atoms with E-state index in [9.17, 15) is 4.79 Å². The van der Waals surface area contributed by atoms with Crippen molar-refractivity contribution in [3.63, 3.8) is 0 Å². The lowest BCUT2D eigenvalue weighted by Gasteiger charge is -2.08. The Morgan fingerprint density at radius 2 is 2.50 bits per heavy atom. The van der Waals surface area contributed by atoms with Gasteiger partial charge in [0.05, 0.1) is 6.93 Å². The van der Waals surface area contributed by atoms with Gasteiger partial charge in [-0.1, -0.05) is 31.4 Å². The zero-order valence-electron chi connectivity index (χ0n) is 17.1. The van der Waals surface area contributed by atoms with E-state index in [1.54, 1.807) is 0 Å². The van der Waals surface area contributed by atoms with Crippen molar-refractivity contribution in [1.82, 2.24) is 0 Å². The molecule has 1 atom stereocenters. The molecule has 1 aromatic carbocycles. The average molecular weight is 200 g/mol. The van der Waals surface area contributed by atoms with Gasteiger partial charge in [0.25, 0.3) is 0 Å². The third-order valence-corrected chi connectivity index (χ3v) is 1.82. The number of cyclic esters (lactones) is 1. The molecule has 0 saturated heterocycles. The summed E-state index contributed by atoms with van der Waals surface area (Å²) in [6, 6.07) is 5.27. The first-order chi connectivity index (χ1) is 10.6. The Morgan fingerprint density at radius 3 is 3.36 bits per heavy atom. The lowest BCUT2D eigenvalue weighted by molar-refractivity contribution is 0.0364. The SMILES string of the molecule is [2H]C([2H])([2H])C([2H])([2H])C([2H])([2H])C([2H])([2H])C1([2H])OC(=O)c2ccccc21. The van der Waals surface area contributed by atoms with Crippen molar-refractivity contribution < 1.29 is 23.2 Å². The van der Waals surface area contributed by atoms with Crippen molar-refractivity contribution in [3.05, 3.63) is 35.4 Å². The Hall–Kier alpha value is -1.31. The Morgan fingerprint density at radius 1 is 1.64 bits per heavy atom. The van der Waals surface area contributed by atoms with Crippen LogP contribution < -0.4 is 0 Å². The van der Waals surface area contributed by atoms with E-state index >= 15 is 0 Å². The molecule has 74 valence electrons. The third kappa shape index (κ3) is 1.52. The van der Waals surface area contributed by atoms with Gasteiger partial charge in [-0.2, -0.15) is 0 Å². The van der Waals surface area contributed by atoms with Crippen LogP contribution in [-0.4, -0.2) is 5.97 Å². The molecule has 1 aliphatic rings. The van der Waals surface area contributed by atoms with Crippen LogP contribution in [0.3, 0.4) is 0 Å². The molecular weight excluding hydrogens is 176 g/mol. The minimum absolute atomic E-state index is 0.151. The van der Waals surface area contributed by atoms with Gasteiger partial charge in [0.2, 0.25) is 0 Å². The maximum absolute atomic E-state index is 11.9. The largest absolute Gasteiger partial charge is 0.454 e. The molecule has 0 aromatic heterocycles. The fourth-order valence-electron chi connectivity index (χ4n) is 1.24. The predicted octanol–water partition coefficient (Wildman–Crippen LogP) is 3.09. The number of hydrogen-bond donors (Lipinski definition) is 0. The monoisotopic (exact) mass is 200 g/mol. The summed E-state index contributed by atoms with van der Waals surface area (Å²) in [5, 5.41) is 0. The van der Waals surface area contributed by atoms with E-state index < -0.39 is 38.0 Å². The van der Waals surface area contributed by atoms with E-state index in [4.69, 9.17) is 18.4 Å². The van der Waals surface area contributed by atoms with E-state index in [1.807, 2.05) is 0 Å². The van der Waals surface area contributed by atoms with Crippen molar-refractivity contribution in [2.75, 3.05) is 0 Å². The van der Waals surface area contributed by atoms with Gasteiger partial charge in [-0.15, -0.1) is 0 Å². The number of benzene rings is 1. The molecule has 1 unspecified atom stereocenters. The molecule has 0 saturated carbocycles.